The molecule has 36 heavy (non-hydrogen) atoms. The minimum absolute atomic E-state index is 0.0659. The molecule has 2 aromatic carbocycles. The van der Waals surface area contributed by atoms with Gasteiger partial charge in [-0.2, -0.15) is 13.4 Å². The van der Waals surface area contributed by atoms with Crippen molar-refractivity contribution in [3.05, 3.63) is 53.2 Å². The van der Waals surface area contributed by atoms with Crippen LogP contribution in [0.5, 0.6) is 11.5 Å². The minimum atomic E-state index is -4.06. The second-order valence-corrected chi connectivity index (χ2v) is 10.6. The normalized spacial score (nSPS) is 11.9. The van der Waals surface area contributed by atoms with Crippen LogP contribution in [-0.4, -0.2) is 43.5 Å². The van der Waals surface area contributed by atoms with E-state index in [2.05, 4.69) is 9.97 Å². The Morgan fingerprint density at radius 2 is 1.75 bits per heavy atom. The highest BCUT2D eigenvalue weighted by atomic mass is 32.2. The van der Waals surface area contributed by atoms with Gasteiger partial charge >= 0.3 is 10.1 Å². The van der Waals surface area contributed by atoms with Crippen molar-refractivity contribution < 1.29 is 22.1 Å². The molecule has 194 valence electrons. The standard InChI is InChI=1S/C25H33N5O5S/c1-6-34-20-11-16(10-18-13-29-24(28)30-23(18)27)12-21(35-36(31,32)14-25(3,4)33-5)22(20)17-7-8-19(26)15(2)9-17/h7-9,11-13H,6,10,14,26H2,1-5H3,(H4,27,28,29,30). The first-order valence-electron chi connectivity index (χ1n) is 11.3. The highest BCUT2D eigenvalue weighted by Crippen LogP contribution is 2.42. The molecule has 0 aliphatic carbocycles. The van der Waals surface area contributed by atoms with Crippen LogP contribution in [0.3, 0.4) is 0 Å². The van der Waals surface area contributed by atoms with E-state index in [-0.39, 0.29) is 23.3 Å². The Labute approximate surface area is 211 Å². The SMILES string of the molecule is CCOc1cc(Cc2cnc(N)nc2N)cc(OS(=O)(=O)CC(C)(C)OC)c1-c1ccc(N)c(C)c1. The highest BCUT2D eigenvalue weighted by molar-refractivity contribution is 7.87. The van der Waals surface area contributed by atoms with Crippen molar-refractivity contribution in [2.24, 2.45) is 0 Å². The molecule has 0 bridgehead atoms. The van der Waals surface area contributed by atoms with E-state index >= 15 is 0 Å². The molecule has 1 aromatic heterocycles. The fourth-order valence-electron chi connectivity index (χ4n) is 3.64. The molecule has 1 heterocycles. The summed E-state index contributed by atoms with van der Waals surface area (Å²) in [6, 6.07) is 8.88. The van der Waals surface area contributed by atoms with Crippen molar-refractivity contribution in [2.45, 2.75) is 39.7 Å². The second kappa shape index (κ2) is 10.6. The molecular formula is C25H33N5O5S. The number of nitrogens with two attached hydrogens (primary N) is 3. The molecule has 3 rings (SSSR count). The lowest BCUT2D eigenvalue weighted by atomic mass is 9.97. The van der Waals surface area contributed by atoms with E-state index in [0.29, 0.717) is 46.7 Å². The van der Waals surface area contributed by atoms with Crippen molar-refractivity contribution in [3.63, 3.8) is 0 Å². The van der Waals surface area contributed by atoms with Gasteiger partial charge in [-0.15, -0.1) is 0 Å². The fourth-order valence-corrected chi connectivity index (χ4v) is 5.07. The number of anilines is 3. The predicted molar refractivity (Wildman–Crippen MR) is 141 cm³/mol. The smallest absolute Gasteiger partial charge is 0.312 e. The van der Waals surface area contributed by atoms with Crippen LogP contribution in [0, 0.1) is 6.92 Å². The lowest BCUT2D eigenvalue weighted by molar-refractivity contribution is 0.0415. The number of ether oxygens (including phenoxy) is 2. The molecule has 0 radical (unpaired) electrons. The molecule has 0 aliphatic heterocycles. The first kappa shape index (κ1) is 27.0. The number of methoxy groups -OCH3 is 1. The lowest BCUT2D eigenvalue weighted by Crippen LogP contribution is -2.34. The van der Waals surface area contributed by atoms with E-state index in [1.165, 1.54) is 13.3 Å². The Bertz CT molecular complexity index is 1360. The monoisotopic (exact) mass is 515 g/mol. The number of hydrogen-bond donors (Lipinski definition) is 3. The summed E-state index contributed by atoms with van der Waals surface area (Å²) in [5.41, 5.74) is 20.7. The van der Waals surface area contributed by atoms with Gasteiger partial charge in [0.1, 0.15) is 17.3 Å². The van der Waals surface area contributed by atoms with Crippen LogP contribution >= 0.6 is 0 Å². The number of rotatable bonds is 10. The van der Waals surface area contributed by atoms with Crippen LogP contribution in [0.15, 0.2) is 36.5 Å². The quantitative estimate of drug-likeness (QED) is 0.269. The maximum absolute atomic E-state index is 13.1. The van der Waals surface area contributed by atoms with Crippen molar-refractivity contribution in [3.8, 4) is 22.6 Å². The molecule has 6 N–H and O–H groups in total. The summed E-state index contributed by atoms with van der Waals surface area (Å²) in [7, 11) is -2.61. The molecule has 0 saturated carbocycles. The summed E-state index contributed by atoms with van der Waals surface area (Å²) in [6.07, 6.45) is 1.83. The number of aryl methyl sites for hydroxylation is 1. The summed E-state index contributed by atoms with van der Waals surface area (Å²) in [4.78, 5) is 8.02. The Hall–Kier alpha value is -3.57. The summed E-state index contributed by atoms with van der Waals surface area (Å²) in [6.45, 7) is 7.40. The Morgan fingerprint density at radius 3 is 2.36 bits per heavy atom. The van der Waals surface area contributed by atoms with Crippen molar-refractivity contribution in [2.75, 3.05) is 36.7 Å². The third-order valence-electron chi connectivity index (χ3n) is 5.59. The molecule has 10 nitrogen and oxygen atoms in total. The van der Waals surface area contributed by atoms with Gasteiger partial charge in [0.2, 0.25) is 5.95 Å². The summed E-state index contributed by atoms with van der Waals surface area (Å²) < 4.78 is 43.2. The molecule has 0 amide bonds. The van der Waals surface area contributed by atoms with Crippen LogP contribution in [-0.2, 0) is 21.3 Å². The van der Waals surface area contributed by atoms with Gasteiger partial charge in [0, 0.05) is 31.0 Å². The second-order valence-electron chi connectivity index (χ2n) is 9.04. The summed E-state index contributed by atoms with van der Waals surface area (Å²) >= 11 is 0. The van der Waals surface area contributed by atoms with Crippen molar-refractivity contribution in [1.82, 2.24) is 9.97 Å². The number of benzene rings is 2. The first-order valence-corrected chi connectivity index (χ1v) is 12.9. The number of aromatic nitrogens is 2. The van der Waals surface area contributed by atoms with Gasteiger partial charge in [-0.3, -0.25) is 0 Å². The molecule has 0 atom stereocenters. The Morgan fingerprint density at radius 1 is 1.06 bits per heavy atom. The van der Waals surface area contributed by atoms with Crippen LogP contribution in [0.2, 0.25) is 0 Å². The number of hydrogen-bond acceptors (Lipinski definition) is 10. The molecule has 0 aliphatic rings. The molecule has 3 aromatic rings. The van der Waals surface area contributed by atoms with Gasteiger partial charge in [-0.25, -0.2) is 4.98 Å². The van der Waals surface area contributed by atoms with Crippen LogP contribution < -0.4 is 26.1 Å². The van der Waals surface area contributed by atoms with E-state index in [1.54, 1.807) is 32.0 Å². The summed E-state index contributed by atoms with van der Waals surface area (Å²) in [5, 5.41) is 0. The van der Waals surface area contributed by atoms with Crippen LogP contribution in [0.1, 0.15) is 37.5 Å². The van der Waals surface area contributed by atoms with Gasteiger partial charge in [0.25, 0.3) is 0 Å². The average molecular weight is 516 g/mol. The zero-order valence-corrected chi connectivity index (χ0v) is 22.0. The average Bonchev–Trinajstić information content (AvgIpc) is 2.77. The van der Waals surface area contributed by atoms with E-state index in [0.717, 1.165) is 5.56 Å². The molecule has 0 saturated heterocycles. The largest absolute Gasteiger partial charge is 0.493 e. The molecule has 0 spiro atoms. The van der Waals surface area contributed by atoms with E-state index in [1.807, 2.05) is 26.0 Å². The fraction of sp³-hybridized carbons (Fsp3) is 0.360. The van der Waals surface area contributed by atoms with Gasteiger partial charge in [0.15, 0.2) is 5.75 Å². The third kappa shape index (κ3) is 6.55. The third-order valence-corrected chi connectivity index (χ3v) is 7.07. The molecule has 0 unspecified atom stereocenters. The summed E-state index contributed by atoms with van der Waals surface area (Å²) in [5.74, 6) is 0.503. The lowest BCUT2D eigenvalue weighted by Gasteiger charge is -2.23. The van der Waals surface area contributed by atoms with Gasteiger partial charge < -0.3 is 30.9 Å². The van der Waals surface area contributed by atoms with Crippen molar-refractivity contribution >= 4 is 27.6 Å². The molecule has 0 fully saturated rings. The van der Waals surface area contributed by atoms with Crippen LogP contribution in [0.4, 0.5) is 17.5 Å². The topological polar surface area (TPSA) is 166 Å². The first-order chi connectivity index (χ1) is 16.8. The molecular weight excluding hydrogens is 482 g/mol. The number of nitrogen functional groups attached to an aromatic ring is 3. The van der Waals surface area contributed by atoms with E-state index in [9.17, 15) is 8.42 Å². The van der Waals surface area contributed by atoms with Gasteiger partial charge in [-0.05, 0) is 68.7 Å². The highest BCUT2D eigenvalue weighted by Gasteiger charge is 2.29. The van der Waals surface area contributed by atoms with Crippen LogP contribution in [0.25, 0.3) is 11.1 Å². The maximum Gasteiger partial charge on any atom is 0.312 e. The number of nitrogens with zero attached hydrogens (tertiary/aromatic N) is 2. The Kier molecular flexibility index (Phi) is 7.95. The van der Waals surface area contributed by atoms with Gasteiger partial charge in [0.05, 0.1) is 17.8 Å². The zero-order valence-electron chi connectivity index (χ0n) is 21.2. The Balaban J connectivity index is 2.19. The zero-order chi connectivity index (χ0) is 26.7. The minimum Gasteiger partial charge on any atom is -0.493 e. The predicted octanol–water partition coefficient (Wildman–Crippen LogP) is 3.32. The van der Waals surface area contributed by atoms with Crippen molar-refractivity contribution in [1.29, 1.82) is 0 Å². The maximum atomic E-state index is 13.1. The van der Waals surface area contributed by atoms with E-state index in [4.69, 9.17) is 30.9 Å². The van der Waals surface area contributed by atoms with Gasteiger partial charge in [-0.1, -0.05) is 6.07 Å². The van der Waals surface area contributed by atoms with E-state index < -0.39 is 15.7 Å². The molecule has 11 heteroatoms.